The van der Waals surface area contributed by atoms with Crippen molar-refractivity contribution in [3.05, 3.63) is 56.8 Å². The Balaban J connectivity index is 2.04. The van der Waals surface area contributed by atoms with Gasteiger partial charge in [-0.1, -0.05) is 107 Å². The number of unbranched alkanes of at least 4 members (excludes halogenated alkanes) is 10. The van der Waals surface area contributed by atoms with Crippen molar-refractivity contribution in [1.82, 2.24) is 0 Å². The van der Waals surface area contributed by atoms with Crippen LogP contribution >= 0.6 is 31.9 Å². The molecule has 0 aliphatic carbocycles. The van der Waals surface area contributed by atoms with Crippen molar-refractivity contribution < 1.29 is 23.7 Å². The zero-order valence-corrected chi connectivity index (χ0v) is 33.0. The Morgan fingerprint density at radius 1 is 0.688 bits per heavy atom. The molecule has 1 heterocycles. The summed E-state index contributed by atoms with van der Waals surface area (Å²) >= 11 is 7.00. The van der Waals surface area contributed by atoms with Gasteiger partial charge in [0.2, 0.25) is 5.43 Å². The Morgan fingerprint density at radius 2 is 1.15 bits per heavy atom. The number of hydrogen-bond acceptors (Lipinski definition) is 6. The molecule has 0 amide bonds. The number of fused-ring (bicyclic) bond motifs is 2. The van der Waals surface area contributed by atoms with Gasteiger partial charge in [-0.05, 0) is 66.2 Å². The van der Waals surface area contributed by atoms with Gasteiger partial charge in [0.25, 0.3) is 0 Å². The maximum absolute atomic E-state index is 14.4. The van der Waals surface area contributed by atoms with Crippen LogP contribution in [0.5, 0.6) is 23.0 Å². The first kappa shape index (κ1) is 40.0. The largest absolute Gasteiger partial charge is 0.507 e. The molecule has 0 atom stereocenters. The summed E-state index contributed by atoms with van der Waals surface area (Å²) in [5.74, 6) is 1.54. The Bertz CT molecular complexity index is 1560. The molecule has 0 spiro atoms. The highest BCUT2D eigenvalue weighted by atomic mass is 79.9. The molecule has 0 fully saturated rings. The molecule has 0 unspecified atom stereocenters. The molecule has 3 aromatic rings. The van der Waals surface area contributed by atoms with E-state index in [0.717, 1.165) is 47.5 Å². The molecular weight excluding hydrogens is 736 g/mol. The molecule has 6 nitrogen and oxygen atoms in total. The molecule has 0 aliphatic heterocycles. The van der Waals surface area contributed by atoms with Crippen LogP contribution in [-0.2, 0) is 12.8 Å². The molecule has 0 radical (unpaired) electrons. The molecule has 1 aromatic heterocycles. The minimum Gasteiger partial charge on any atom is -0.507 e. The van der Waals surface area contributed by atoms with Crippen LogP contribution in [0.2, 0.25) is 0 Å². The molecule has 1 N–H and O–H groups in total. The first-order valence-electron chi connectivity index (χ1n) is 17.7. The Morgan fingerprint density at radius 3 is 1.67 bits per heavy atom. The highest BCUT2D eigenvalue weighted by Crippen LogP contribution is 2.42. The summed E-state index contributed by atoms with van der Waals surface area (Å²) in [6, 6.07) is 3.54. The van der Waals surface area contributed by atoms with Gasteiger partial charge < -0.3 is 23.7 Å². The molecule has 2 aromatic carbocycles. The van der Waals surface area contributed by atoms with E-state index in [0.29, 0.717) is 71.0 Å². The maximum atomic E-state index is 14.4. The number of phenolic OH excluding ortho intramolecular Hbond substituents is 1. The van der Waals surface area contributed by atoms with Crippen molar-refractivity contribution in [2.45, 2.75) is 118 Å². The van der Waals surface area contributed by atoms with Gasteiger partial charge in [-0.2, -0.15) is 0 Å². The second kappa shape index (κ2) is 21.6. The molecule has 0 saturated heterocycles. The monoisotopic (exact) mass is 790 g/mol. The lowest BCUT2D eigenvalue weighted by Crippen LogP contribution is -2.10. The number of benzene rings is 2. The van der Waals surface area contributed by atoms with Crippen molar-refractivity contribution in [2.75, 3.05) is 31.0 Å². The minimum atomic E-state index is -0.289. The molecule has 0 saturated carbocycles. The molecule has 8 heteroatoms. The van der Waals surface area contributed by atoms with Crippen LogP contribution in [0, 0.1) is 0 Å². The van der Waals surface area contributed by atoms with E-state index in [1.165, 1.54) is 51.4 Å². The zero-order chi connectivity index (χ0) is 34.9. The number of halogens is 2. The third-order valence-corrected chi connectivity index (χ3v) is 9.64. The van der Waals surface area contributed by atoms with Crippen molar-refractivity contribution >= 4 is 53.8 Å². The summed E-state index contributed by atoms with van der Waals surface area (Å²) < 4.78 is 24.9. The van der Waals surface area contributed by atoms with Crippen LogP contribution in [0.15, 0.2) is 44.6 Å². The number of hydrogen-bond donors (Lipinski definition) is 1. The normalized spacial score (nSPS) is 11.2. The summed E-state index contributed by atoms with van der Waals surface area (Å²) in [6.07, 6.45) is 18.7. The fraction of sp³-hybridized carbons (Fsp3) is 0.575. The van der Waals surface area contributed by atoms with Crippen LogP contribution in [0.1, 0.15) is 116 Å². The maximum Gasteiger partial charge on any atom is 0.204 e. The van der Waals surface area contributed by atoms with Gasteiger partial charge in [-0.15, -0.1) is 0 Å². The number of methoxy groups -OCH3 is 1. The quantitative estimate of drug-likeness (QED) is 0.0446. The standard InChI is InChI=1S/C40H56Br2O6/c1-28(2)18-20-30-32(46-24-16-12-8-6-10-14-22-41)26-34-37(38(30)43)39(44)36-31(21-19-29(3)4)40(45-5)35(27-33(36)48-34)47-25-17-13-9-7-11-15-23-42/h18-19,26-27,43H,6-17,20-25H2,1-5H3. The van der Waals surface area contributed by atoms with Crippen molar-refractivity contribution in [3.63, 3.8) is 0 Å². The number of allylic oxidation sites excluding steroid dienone is 4. The molecule has 0 bridgehead atoms. The first-order valence-corrected chi connectivity index (χ1v) is 20.0. The third-order valence-electron chi connectivity index (χ3n) is 8.52. The molecule has 48 heavy (non-hydrogen) atoms. The number of aromatic hydroxyl groups is 1. The van der Waals surface area contributed by atoms with Gasteiger partial charge >= 0.3 is 0 Å². The van der Waals surface area contributed by atoms with Crippen LogP contribution in [-0.4, -0.2) is 36.1 Å². The summed E-state index contributed by atoms with van der Waals surface area (Å²) in [6.45, 7) is 9.16. The number of ether oxygens (including phenoxy) is 3. The van der Waals surface area contributed by atoms with E-state index in [4.69, 9.17) is 18.6 Å². The van der Waals surface area contributed by atoms with Gasteiger partial charge in [0.1, 0.15) is 28.1 Å². The van der Waals surface area contributed by atoms with E-state index in [1.54, 1.807) is 19.2 Å². The van der Waals surface area contributed by atoms with E-state index < -0.39 is 0 Å². The van der Waals surface area contributed by atoms with Crippen molar-refractivity contribution in [3.8, 4) is 23.0 Å². The van der Waals surface area contributed by atoms with Crippen molar-refractivity contribution in [1.29, 1.82) is 0 Å². The van der Waals surface area contributed by atoms with Gasteiger partial charge in [-0.3, -0.25) is 4.79 Å². The SMILES string of the molecule is COc1c(OCCCCCCCCBr)cc2oc3cc(OCCCCCCCCBr)c(CC=C(C)C)c(O)c3c(=O)c2c1CC=C(C)C. The molecule has 3 rings (SSSR count). The lowest BCUT2D eigenvalue weighted by atomic mass is 9.98. The summed E-state index contributed by atoms with van der Waals surface area (Å²) in [5, 5.41) is 14.4. The minimum absolute atomic E-state index is 0.0889. The average Bonchev–Trinajstić information content (AvgIpc) is 3.05. The predicted octanol–water partition coefficient (Wildman–Crippen LogP) is 11.9. The molecule has 0 aliphatic rings. The van der Waals surface area contributed by atoms with E-state index >= 15 is 0 Å². The van der Waals surface area contributed by atoms with Crippen LogP contribution in [0.25, 0.3) is 21.9 Å². The summed E-state index contributed by atoms with van der Waals surface area (Å²) in [5.41, 5.74) is 3.93. The molecular formula is C40H56Br2O6. The summed E-state index contributed by atoms with van der Waals surface area (Å²) in [4.78, 5) is 14.4. The fourth-order valence-corrected chi connectivity index (χ4v) is 6.63. The topological polar surface area (TPSA) is 78.1 Å². The number of alkyl halides is 2. The smallest absolute Gasteiger partial charge is 0.204 e. The molecule has 266 valence electrons. The fourth-order valence-electron chi connectivity index (χ4n) is 5.84. The second-order valence-electron chi connectivity index (χ2n) is 13.1. The van der Waals surface area contributed by atoms with E-state index in [1.807, 2.05) is 33.8 Å². The van der Waals surface area contributed by atoms with Crippen molar-refractivity contribution in [2.24, 2.45) is 0 Å². The Labute approximate surface area is 304 Å². The van der Waals surface area contributed by atoms with E-state index in [2.05, 4.69) is 37.9 Å². The van der Waals surface area contributed by atoms with E-state index in [9.17, 15) is 9.90 Å². The lowest BCUT2D eigenvalue weighted by Gasteiger charge is -2.18. The van der Waals surface area contributed by atoms with E-state index in [-0.39, 0.29) is 16.6 Å². The third kappa shape index (κ3) is 11.9. The van der Waals surface area contributed by atoms with Gasteiger partial charge in [-0.25, -0.2) is 0 Å². The van der Waals surface area contributed by atoms with Gasteiger partial charge in [0.05, 0.1) is 25.7 Å². The second-order valence-corrected chi connectivity index (χ2v) is 14.6. The van der Waals surface area contributed by atoms with Gasteiger partial charge in [0.15, 0.2) is 11.5 Å². The first-order chi connectivity index (χ1) is 23.2. The highest BCUT2D eigenvalue weighted by Gasteiger charge is 2.24. The Kier molecular flexibility index (Phi) is 18.0. The van der Waals surface area contributed by atoms with Crippen LogP contribution in [0.4, 0.5) is 0 Å². The lowest BCUT2D eigenvalue weighted by molar-refractivity contribution is 0.284. The highest BCUT2D eigenvalue weighted by molar-refractivity contribution is 9.09. The Hall–Kier alpha value is -2.45. The zero-order valence-electron chi connectivity index (χ0n) is 29.8. The van der Waals surface area contributed by atoms with Gasteiger partial charge in [0, 0.05) is 33.9 Å². The summed E-state index contributed by atoms with van der Waals surface area (Å²) in [7, 11) is 1.61. The number of rotatable bonds is 23. The average molecular weight is 793 g/mol. The predicted molar refractivity (Wildman–Crippen MR) is 208 cm³/mol. The van der Waals surface area contributed by atoms with Crippen LogP contribution in [0.3, 0.4) is 0 Å². The van der Waals surface area contributed by atoms with Crippen LogP contribution < -0.4 is 19.6 Å². The number of phenols is 1.